The summed E-state index contributed by atoms with van der Waals surface area (Å²) >= 11 is 6.24. The van der Waals surface area contributed by atoms with E-state index < -0.39 is 0 Å². The van der Waals surface area contributed by atoms with Crippen LogP contribution in [-0.2, 0) is 6.42 Å². The maximum absolute atomic E-state index is 6.24. The minimum Gasteiger partial charge on any atom is -0.374 e. The van der Waals surface area contributed by atoms with E-state index in [0.29, 0.717) is 5.02 Å². The van der Waals surface area contributed by atoms with Crippen molar-refractivity contribution in [3.63, 3.8) is 0 Å². The summed E-state index contributed by atoms with van der Waals surface area (Å²) in [6.45, 7) is 0. The van der Waals surface area contributed by atoms with Crippen LogP contribution in [0.15, 0.2) is 42.7 Å². The first-order valence-electron chi connectivity index (χ1n) is 7.28. The molecule has 1 aliphatic carbocycles. The lowest BCUT2D eigenvalue weighted by Crippen LogP contribution is -2.17. The number of pyridine rings is 1. The monoisotopic (exact) mass is 297 g/mol. The van der Waals surface area contributed by atoms with Crippen LogP contribution in [-0.4, -0.2) is 9.97 Å². The van der Waals surface area contributed by atoms with Gasteiger partial charge in [0, 0.05) is 22.8 Å². The van der Waals surface area contributed by atoms with Gasteiger partial charge in [-0.15, -0.1) is 0 Å². The van der Waals surface area contributed by atoms with Crippen LogP contribution in [0.2, 0.25) is 5.02 Å². The Bertz CT molecular complexity index is 794. The predicted octanol–water partition coefficient (Wildman–Crippen LogP) is 4.71. The van der Waals surface area contributed by atoms with Crippen molar-refractivity contribution in [1.82, 2.24) is 9.97 Å². The first kappa shape index (κ1) is 12.7. The zero-order chi connectivity index (χ0) is 14.2. The highest BCUT2D eigenvalue weighted by Crippen LogP contribution is 2.37. The number of halogens is 1. The molecule has 0 saturated carbocycles. The van der Waals surface area contributed by atoms with Gasteiger partial charge in [0.1, 0.15) is 0 Å². The maximum Gasteiger partial charge on any atom is 0.0721 e. The lowest BCUT2D eigenvalue weighted by molar-refractivity contribution is 0.592. The lowest BCUT2D eigenvalue weighted by atomic mass is 9.91. The van der Waals surface area contributed by atoms with Crippen molar-refractivity contribution >= 4 is 28.2 Å². The maximum atomic E-state index is 6.24. The number of hydrogen-bond acceptors (Lipinski definition) is 2. The van der Waals surface area contributed by atoms with Crippen molar-refractivity contribution in [2.45, 2.75) is 25.3 Å². The molecule has 106 valence electrons. The molecule has 2 heterocycles. The van der Waals surface area contributed by atoms with E-state index in [9.17, 15) is 0 Å². The topological polar surface area (TPSA) is 40.7 Å². The number of para-hydroxylation sites is 1. The van der Waals surface area contributed by atoms with Crippen LogP contribution in [0.5, 0.6) is 0 Å². The Morgan fingerprint density at radius 1 is 1.24 bits per heavy atom. The van der Waals surface area contributed by atoms with E-state index in [1.165, 1.54) is 28.6 Å². The summed E-state index contributed by atoms with van der Waals surface area (Å²) in [5.41, 5.74) is 4.85. The molecule has 0 fully saturated rings. The van der Waals surface area contributed by atoms with Gasteiger partial charge < -0.3 is 10.3 Å². The van der Waals surface area contributed by atoms with E-state index >= 15 is 0 Å². The number of hydrogen-bond donors (Lipinski definition) is 2. The van der Waals surface area contributed by atoms with Gasteiger partial charge in [-0.25, -0.2) is 0 Å². The molecule has 0 bridgehead atoms. The molecule has 1 aliphatic rings. The van der Waals surface area contributed by atoms with Crippen molar-refractivity contribution in [1.29, 1.82) is 0 Å². The molecular weight excluding hydrogens is 282 g/mol. The molecule has 0 aliphatic heterocycles. The average molecular weight is 298 g/mol. The Morgan fingerprint density at radius 2 is 2.14 bits per heavy atom. The third-order valence-corrected chi connectivity index (χ3v) is 4.54. The fourth-order valence-electron chi connectivity index (χ4n) is 3.23. The van der Waals surface area contributed by atoms with E-state index in [2.05, 4.69) is 39.6 Å². The molecular formula is C17H16ClN3. The van der Waals surface area contributed by atoms with Crippen molar-refractivity contribution in [2.75, 3.05) is 5.32 Å². The van der Waals surface area contributed by atoms with Crippen molar-refractivity contribution < 1.29 is 0 Å². The highest BCUT2D eigenvalue weighted by atomic mass is 35.5. The molecule has 1 unspecified atom stereocenters. The molecule has 0 radical (unpaired) electrons. The normalized spacial score (nSPS) is 17.7. The van der Waals surface area contributed by atoms with Gasteiger partial charge in [0.15, 0.2) is 0 Å². The first-order valence-corrected chi connectivity index (χ1v) is 7.66. The number of aryl methyl sites for hydroxylation is 1. The van der Waals surface area contributed by atoms with E-state index in [1.807, 2.05) is 6.07 Å². The van der Waals surface area contributed by atoms with Gasteiger partial charge in [-0.1, -0.05) is 29.8 Å². The fourth-order valence-corrected chi connectivity index (χ4v) is 3.39. The molecule has 2 aromatic heterocycles. The third-order valence-electron chi connectivity index (χ3n) is 4.21. The van der Waals surface area contributed by atoms with Crippen LogP contribution in [0.4, 0.5) is 5.69 Å². The van der Waals surface area contributed by atoms with Crippen LogP contribution >= 0.6 is 11.6 Å². The Balaban J connectivity index is 1.75. The molecule has 21 heavy (non-hydrogen) atoms. The fraction of sp³-hybridized carbons (Fsp3) is 0.235. The van der Waals surface area contributed by atoms with Crippen molar-refractivity contribution in [2.24, 2.45) is 0 Å². The summed E-state index contributed by atoms with van der Waals surface area (Å²) in [7, 11) is 0. The standard InChI is InChI=1S/C17H16ClN3/c18-13-8-9-19-10-16(13)20-15-7-3-5-12-11-4-1-2-6-14(11)21-17(12)15/h1-2,4,6,8-10,15,20-21H,3,5,7H2. The second-order valence-electron chi connectivity index (χ2n) is 5.51. The lowest BCUT2D eigenvalue weighted by Gasteiger charge is -2.25. The number of rotatable bonds is 2. The quantitative estimate of drug-likeness (QED) is 0.719. The second kappa shape index (κ2) is 5.08. The molecule has 2 N–H and O–H groups in total. The van der Waals surface area contributed by atoms with Gasteiger partial charge in [-0.05, 0) is 37.0 Å². The Morgan fingerprint density at radius 3 is 3.05 bits per heavy atom. The first-order chi connectivity index (χ1) is 10.3. The molecule has 0 saturated heterocycles. The summed E-state index contributed by atoms with van der Waals surface area (Å²) in [4.78, 5) is 7.73. The predicted molar refractivity (Wildman–Crippen MR) is 86.8 cm³/mol. The molecule has 3 nitrogen and oxygen atoms in total. The molecule has 4 rings (SSSR count). The summed E-state index contributed by atoms with van der Waals surface area (Å²) in [6.07, 6.45) is 6.93. The number of nitrogens with zero attached hydrogens (tertiary/aromatic N) is 1. The Labute approximate surface area is 128 Å². The number of aromatic nitrogens is 2. The van der Waals surface area contributed by atoms with E-state index in [0.717, 1.165) is 18.5 Å². The molecule has 0 spiro atoms. The summed E-state index contributed by atoms with van der Waals surface area (Å²) in [5.74, 6) is 0. The molecule has 1 aromatic carbocycles. The second-order valence-corrected chi connectivity index (χ2v) is 5.91. The number of benzene rings is 1. The Kier molecular flexibility index (Phi) is 3.08. The molecule has 3 aromatic rings. The zero-order valence-corrected chi connectivity index (χ0v) is 12.3. The van der Waals surface area contributed by atoms with Crippen LogP contribution < -0.4 is 5.32 Å². The van der Waals surface area contributed by atoms with Crippen molar-refractivity contribution in [3.8, 4) is 0 Å². The number of fused-ring (bicyclic) bond motifs is 3. The smallest absolute Gasteiger partial charge is 0.0721 e. The van der Waals surface area contributed by atoms with Gasteiger partial charge in [0.2, 0.25) is 0 Å². The SMILES string of the molecule is Clc1ccncc1NC1CCCc2c1[nH]c1ccccc21. The van der Waals surface area contributed by atoms with Crippen LogP contribution in [0.25, 0.3) is 10.9 Å². The van der Waals surface area contributed by atoms with Gasteiger partial charge in [0.25, 0.3) is 0 Å². The van der Waals surface area contributed by atoms with Crippen LogP contribution in [0.3, 0.4) is 0 Å². The van der Waals surface area contributed by atoms with E-state index in [-0.39, 0.29) is 6.04 Å². The van der Waals surface area contributed by atoms with E-state index in [1.54, 1.807) is 12.4 Å². The number of anilines is 1. The third kappa shape index (κ3) is 2.18. The Hall–Kier alpha value is -2.00. The van der Waals surface area contributed by atoms with Crippen LogP contribution in [0.1, 0.15) is 30.1 Å². The summed E-state index contributed by atoms with van der Waals surface area (Å²) in [6, 6.07) is 10.6. The molecule has 0 amide bonds. The van der Waals surface area contributed by atoms with Crippen LogP contribution in [0, 0.1) is 0 Å². The minimum atomic E-state index is 0.267. The van der Waals surface area contributed by atoms with Gasteiger partial charge in [-0.2, -0.15) is 0 Å². The number of H-pyrrole nitrogens is 1. The summed E-state index contributed by atoms with van der Waals surface area (Å²) < 4.78 is 0. The zero-order valence-electron chi connectivity index (χ0n) is 11.6. The molecule has 1 atom stereocenters. The van der Waals surface area contributed by atoms with Gasteiger partial charge >= 0.3 is 0 Å². The average Bonchev–Trinajstić information content (AvgIpc) is 2.89. The van der Waals surface area contributed by atoms with Crippen molar-refractivity contribution in [3.05, 3.63) is 59.0 Å². The summed E-state index contributed by atoms with van der Waals surface area (Å²) in [5, 5.41) is 5.60. The number of nitrogens with one attached hydrogen (secondary N) is 2. The highest BCUT2D eigenvalue weighted by Gasteiger charge is 2.24. The largest absolute Gasteiger partial charge is 0.374 e. The molecule has 4 heteroatoms. The van der Waals surface area contributed by atoms with E-state index in [4.69, 9.17) is 11.6 Å². The number of aromatic amines is 1. The highest BCUT2D eigenvalue weighted by molar-refractivity contribution is 6.33. The van der Waals surface area contributed by atoms with Gasteiger partial charge in [-0.3, -0.25) is 4.98 Å². The minimum absolute atomic E-state index is 0.267. The van der Waals surface area contributed by atoms with Gasteiger partial charge in [0.05, 0.1) is 22.9 Å².